The Bertz CT molecular complexity index is 289. The highest BCUT2D eigenvalue weighted by atomic mass is 32.2. The van der Waals surface area contributed by atoms with Crippen LogP contribution in [0, 0.1) is 5.92 Å². The number of hydrogen-bond donors (Lipinski definition) is 1. The average molecular weight is 316 g/mol. The summed E-state index contributed by atoms with van der Waals surface area (Å²) in [7, 11) is 1.87. The summed E-state index contributed by atoms with van der Waals surface area (Å²) in [6, 6.07) is 0.482. The molecule has 0 aliphatic carbocycles. The molecule has 0 saturated carbocycles. The molecule has 3 unspecified atom stereocenters. The van der Waals surface area contributed by atoms with E-state index >= 15 is 0 Å². The molecular weight excluding hydrogens is 282 g/mol. The monoisotopic (exact) mass is 315 g/mol. The van der Waals surface area contributed by atoms with Crippen molar-refractivity contribution in [3.05, 3.63) is 0 Å². The summed E-state index contributed by atoms with van der Waals surface area (Å²) in [5.74, 6) is 3.22. The normalized spacial score (nSPS) is 28.4. The van der Waals surface area contributed by atoms with Crippen molar-refractivity contribution < 1.29 is 9.47 Å². The first kappa shape index (κ1) is 17.6. The molecule has 0 amide bonds. The van der Waals surface area contributed by atoms with Crippen LogP contribution in [0.2, 0.25) is 0 Å². The zero-order valence-corrected chi connectivity index (χ0v) is 14.8. The van der Waals surface area contributed by atoms with Crippen LogP contribution in [0.4, 0.5) is 0 Å². The maximum Gasteiger partial charge on any atom is 0.0726 e. The van der Waals surface area contributed by atoms with Crippen LogP contribution in [0.3, 0.4) is 0 Å². The molecule has 0 aromatic rings. The lowest BCUT2D eigenvalue weighted by molar-refractivity contribution is -0.115. The number of methoxy groups -OCH3 is 1. The van der Waals surface area contributed by atoms with Crippen molar-refractivity contribution in [1.29, 1.82) is 0 Å². The molecule has 0 aromatic carbocycles. The molecule has 2 aliphatic rings. The lowest BCUT2D eigenvalue weighted by Gasteiger charge is -2.46. The van der Waals surface area contributed by atoms with Gasteiger partial charge in [-0.25, -0.2) is 0 Å². The topological polar surface area (TPSA) is 30.5 Å². The number of hydrogen-bond acceptors (Lipinski definition) is 4. The first-order valence-corrected chi connectivity index (χ1v) is 9.88. The first-order valence-electron chi connectivity index (χ1n) is 8.72. The standard InChI is InChI=1S/C17H33NO2S/c1-4-6-15(19-3)16(18-5-2)14-7-10-20-17(13-14)8-11-21-12-9-17/h14-16,18H,4-13H2,1-3H3. The van der Waals surface area contributed by atoms with E-state index in [9.17, 15) is 0 Å². The van der Waals surface area contributed by atoms with E-state index in [1.54, 1.807) is 0 Å². The molecule has 3 atom stereocenters. The molecule has 0 bridgehead atoms. The van der Waals surface area contributed by atoms with Crippen LogP contribution in [0.1, 0.15) is 52.4 Å². The number of thioether (sulfide) groups is 1. The molecule has 0 radical (unpaired) electrons. The van der Waals surface area contributed by atoms with Gasteiger partial charge in [0.15, 0.2) is 0 Å². The van der Waals surface area contributed by atoms with Crippen LogP contribution in [0.15, 0.2) is 0 Å². The zero-order chi connectivity index (χ0) is 15.1. The summed E-state index contributed by atoms with van der Waals surface area (Å²) < 4.78 is 12.1. The van der Waals surface area contributed by atoms with Gasteiger partial charge in [-0.15, -0.1) is 0 Å². The third kappa shape index (κ3) is 4.60. The summed E-state index contributed by atoms with van der Waals surface area (Å²) in [5.41, 5.74) is 0.173. The van der Waals surface area contributed by atoms with Crippen molar-refractivity contribution in [3.8, 4) is 0 Å². The summed E-state index contributed by atoms with van der Waals surface area (Å²) >= 11 is 2.08. The van der Waals surface area contributed by atoms with Gasteiger partial charge in [-0.2, -0.15) is 11.8 Å². The van der Waals surface area contributed by atoms with E-state index in [0.29, 0.717) is 18.1 Å². The van der Waals surface area contributed by atoms with Gasteiger partial charge in [-0.1, -0.05) is 20.3 Å². The van der Waals surface area contributed by atoms with Crippen LogP contribution < -0.4 is 5.32 Å². The second-order valence-electron chi connectivity index (χ2n) is 6.54. The second kappa shape index (κ2) is 8.76. The molecule has 1 N–H and O–H groups in total. The van der Waals surface area contributed by atoms with Crippen molar-refractivity contribution >= 4 is 11.8 Å². The third-order valence-electron chi connectivity index (χ3n) is 5.16. The van der Waals surface area contributed by atoms with E-state index in [-0.39, 0.29) is 5.60 Å². The number of likely N-dealkylation sites (N-methyl/N-ethyl adjacent to an activating group) is 1. The van der Waals surface area contributed by atoms with E-state index < -0.39 is 0 Å². The molecule has 2 rings (SSSR count). The molecule has 0 aromatic heterocycles. The molecule has 1 spiro atoms. The number of nitrogens with one attached hydrogen (secondary N) is 1. The second-order valence-corrected chi connectivity index (χ2v) is 7.77. The highest BCUT2D eigenvalue weighted by molar-refractivity contribution is 7.99. The Morgan fingerprint density at radius 2 is 2.10 bits per heavy atom. The fourth-order valence-corrected chi connectivity index (χ4v) is 5.27. The van der Waals surface area contributed by atoms with Crippen molar-refractivity contribution in [1.82, 2.24) is 5.32 Å². The maximum absolute atomic E-state index is 6.26. The van der Waals surface area contributed by atoms with Crippen LogP contribution in [-0.2, 0) is 9.47 Å². The van der Waals surface area contributed by atoms with E-state index in [1.807, 2.05) is 7.11 Å². The minimum absolute atomic E-state index is 0.173. The van der Waals surface area contributed by atoms with Gasteiger partial charge in [0.05, 0.1) is 11.7 Å². The molecular formula is C17H33NO2S. The largest absolute Gasteiger partial charge is 0.380 e. The predicted octanol–water partition coefficient (Wildman–Crippen LogP) is 3.47. The van der Waals surface area contributed by atoms with Gasteiger partial charge in [0.25, 0.3) is 0 Å². The van der Waals surface area contributed by atoms with Gasteiger partial charge in [-0.3, -0.25) is 0 Å². The molecule has 3 nitrogen and oxygen atoms in total. The van der Waals surface area contributed by atoms with Gasteiger partial charge in [0.1, 0.15) is 0 Å². The van der Waals surface area contributed by atoms with Crippen molar-refractivity contribution in [2.45, 2.75) is 70.1 Å². The maximum atomic E-state index is 6.26. The van der Waals surface area contributed by atoms with Crippen LogP contribution >= 0.6 is 11.8 Å². The van der Waals surface area contributed by atoms with Crippen molar-refractivity contribution in [3.63, 3.8) is 0 Å². The van der Waals surface area contributed by atoms with Gasteiger partial charge in [0, 0.05) is 19.8 Å². The molecule has 2 aliphatic heterocycles. The van der Waals surface area contributed by atoms with Crippen LogP contribution in [0.25, 0.3) is 0 Å². The molecule has 21 heavy (non-hydrogen) atoms. The molecule has 2 saturated heterocycles. The highest BCUT2D eigenvalue weighted by Crippen LogP contribution is 2.41. The quantitative estimate of drug-likeness (QED) is 0.779. The van der Waals surface area contributed by atoms with Gasteiger partial charge < -0.3 is 14.8 Å². The van der Waals surface area contributed by atoms with Crippen LogP contribution in [-0.4, -0.2) is 49.5 Å². The third-order valence-corrected chi connectivity index (χ3v) is 6.14. The molecule has 4 heteroatoms. The average Bonchev–Trinajstić information content (AvgIpc) is 2.51. The summed E-state index contributed by atoms with van der Waals surface area (Å²) in [6.07, 6.45) is 7.54. The van der Waals surface area contributed by atoms with Gasteiger partial charge >= 0.3 is 0 Å². The predicted molar refractivity (Wildman–Crippen MR) is 91.1 cm³/mol. The van der Waals surface area contributed by atoms with Gasteiger partial charge in [-0.05, 0) is 56.1 Å². The van der Waals surface area contributed by atoms with Crippen LogP contribution in [0.5, 0.6) is 0 Å². The van der Waals surface area contributed by atoms with Crippen molar-refractivity contribution in [2.75, 3.05) is 31.8 Å². The Labute approximate surface area is 134 Å². The Morgan fingerprint density at radius 1 is 1.33 bits per heavy atom. The van der Waals surface area contributed by atoms with E-state index in [0.717, 1.165) is 19.6 Å². The highest BCUT2D eigenvalue weighted by Gasteiger charge is 2.42. The summed E-state index contributed by atoms with van der Waals surface area (Å²) in [5, 5.41) is 3.72. The fraction of sp³-hybridized carbons (Fsp3) is 1.00. The van der Waals surface area contributed by atoms with E-state index in [2.05, 4.69) is 30.9 Å². The molecule has 2 fully saturated rings. The lowest BCUT2D eigenvalue weighted by atomic mass is 9.76. The fourth-order valence-electron chi connectivity index (χ4n) is 4.03. The Hall–Kier alpha value is 0.230. The smallest absolute Gasteiger partial charge is 0.0726 e. The number of ether oxygens (including phenoxy) is 2. The number of rotatable bonds is 7. The molecule has 124 valence electrons. The lowest BCUT2D eigenvalue weighted by Crippen LogP contribution is -2.52. The first-order chi connectivity index (χ1) is 10.2. The summed E-state index contributed by atoms with van der Waals surface area (Å²) in [6.45, 7) is 6.41. The van der Waals surface area contributed by atoms with Gasteiger partial charge in [0.2, 0.25) is 0 Å². The Balaban J connectivity index is 2.04. The minimum atomic E-state index is 0.173. The summed E-state index contributed by atoms with van der Waals surface area (Å²) in [4.78, 5) is 0. The van der Waals surface area contributed by atoms with Crippen molar-refractivity contribution in [2.24, 2.45) is 5.92 Å². The minimum Gasteiger partial charge on any atom is -0.380 e. The Morgan fingerprint density at radius 3 is 2.71 bits per heavy atom. The SMILES string of the molecule is CCCC(OC)C(NCC)C1CCOC2(CCSCC2)C1. The Kier molecular flexibility index (Phi) is 7.33. The van der Waals surface area contributed by atoms with E-state index in [1.165, 1.54) is 43.6 Å². The molecule has 2 heterocycles. The van der Waals surface area contributed by atoms with E-state index in [4.69, 9.17) is 9.47 Å². The zero-order valence-electron chi connectivity index (χ0n) is 14.0.